The number of nitrogens with two attached hydrogens (primary N) is 1. The minimum Gasteiger partial charge on any atom is -0.375 e. The van der Waals surface area contributed by atoms with Gasteiger partial charge < -0.3 is 15.2 Å². The van der Waals surface area contributed by atoms with Crippen LogP contribution < -0.4 is 11.2 Å². The van der Waals surface area contributed by atoms with Gasteiger partial charge in [-0.25, -0.2) is 0 Å². The molecular formula is C15H14N4O4S. The third kappa shape index (κ3) is 2.29. The maximum Gasteiger partial charge on any atom is 0.261 e. The van der Waals surface area contributed by atoms with Crippen LogP contribution in [-0.4, -0.2) is 52.6 Å². The molecule has 24 heavy (non-hydrogen) atoms. The van der Waals surface area contributed by atoms with Crippen molar-refractivity contribution in [2.45, 2.75) is 24.9 Å². The lowest BCUT2D eigenvalue weighted by Crippen LogP contribution is -2.52. The minimum absolute atomic E-state index is 0.0138. The Morgan fingerprint density at radius 1 is 1.29 bits per heavy atom. The Hall–Kier alpha value is -2.36. The first-order chi connectivity index (χ1) is 11.6. The number of carbonyl (C=O) groups excluding carboxylic acids is 2. The third-order valence-electron chi connectivity index (χ3n) is 4.30. The molecule has 0 aliphatic carbocycles. The average Bonchev–Trinajstić information content (AvgIpc) is 3.10. The third-order valence-corrected chi connectivity index (χ3v) is 4.39. The van der Waals surface area contributed by atoms with Gasteiger partial charge in [-0.3, -0.25) is 19.9 Å². The summed E-state index contributed by atoms with van der Waals surface area (Å²) in [5, 5.41) is 4.10. The second-order valence-corrected chi connectivity index (χ2v) is 6.16. The van der Waals surface area contributed by atoms with Crippen molar-refractivity contribution >= 4 is 34.9 Å². The number of amides is 2. The van der Waals surface area contributed by atoms with Crippen molar-refractivity contribution in [3.05, 3.63) is 35.4 Å². The molecule has 3 aliphatic heterocycles. The number of nitrogens with zero attached hydrogens (tertiary/aromatic N) is 2. The molecule has 0 radical (unpaired) electrons. The highest BCUT2D eigenvalue weighted by Gasteiger charge is 2.50. The van der Waals surface area contributed by atoms with E-state index in [0.29, 0.717) is 23.3 Å². The Kier molecular flexibility index (Phi) is 3.56. The van der Waals surface area contributed by atoms with Crippen molar-refractivity contribution in [1.82, 2.24) is 10.3 Å². The van der Waals surface area contributed by atoms with Crippen LogP contribution in [0.25, 0.3) is 0 Å². The van der Waals surface area contributed by atoms with E-state index < -0.39 is 12.3 Å². The second-order valence-electron chi connectivity index (χ2n) is 5.72. The van der Waals surface area contributed by atoms with Gasteiger partial charge in [-0.1, -0.05) is 12.1 Å². The zero-order valence-electron chi connectivity index (χ0n) is 12.5. The second kappa shape index (κ2) is 5.62. The summed E-state index contributed by atoms with van der Waals surface area (Å²) in [5.74, 6) is -0.646. The van der Waals surface area contributed by atoms with Crippen molar-refractivity contribution in [3.63, 3.8) is 0 Å². The molecule has 3 N–H and O–H groups in total. The first-order valence-corrected chi connectivity index (χ1v) is 7.83. The van der Waals surface area contributed by atoms with Gasteiger partial charge in [0.2, 0.25) is 0 Å². The van der Waals surface area contributed by atoms with Crippen LogP contribution in [-0.2, 0) is 9.47 Å². The van der Waals surface area contributed by atoms with Gasteiger partial charge in [-0.15, -0.1) is 0 Å². The molecule has 9 heteroatoms. The van der Waals surface area contributed by atoms with E-state index >= 15 is 0 Å². The highest BCUT2D eigenvalue weighted by Crippen LogP contribution is 2.33. The minimum atomic E-state index is -0.608. The number of carbonyl (C=O) groups is 2. The van der Waals surface area contributed by atoms with Crippen LogP contribution >= 0.6 is 12.2 Å². The van der Waals surface area contributed by atoms with Crippen molar-refractivity contribution in [1.29, 1.82) is 0 Å². The quantitative estimate of drug-likeness (QED) is 0.440. The predicted octanol–water partition coefficient (Wildman–Crippen LogP) is -0.0144. The van der Waals surface area contributed by atoms with Crippen LogP contribution in [0.1, 0.15) is 27.1 Å². The van der Waals surface area contributed by atoms with Gasteiger partial charge in [0.1, 0.15) is 6.10 Å². The number of thiocarbonyl (C=S) groups is 1. The lowest BCUT2D eigenvalue weighted by molar-refractivity contribution is -0.0376. The summed E-state index contributed by atoms with van der Waals surface area (Å²) >= 11 is 4.73. The monoisotopic (exact) mass is 346 g/mol. The molecule has 0 aromatic heterocycles. The zero-order valence-corrected chi connectivity index (χ0v) is 13.3. The summed E-state index contributed by atoms with van der Waals surface area (Å²) in [5.41, 5.74) is 9.20. The molecule has 3 aliphatic rings. The molecule has 4 rings (SSSR count). The van der Waals surface area contributed by atoms with Crippen molar-refractivity contribution in [2.24, 2.45) is 10.8 Å². The SMILES string of the molecule is NC(=S)NN=C1CC(N2C(=O)c3ccccc3C2=O)C2COC1O2. The molecule has 3 unspecified atom stereocenters. The Morgan fingerprint density at radius 2 is 1.96 bits per heavy atom. The molecule has 2 bridgehead atoms. The zero-order chi connectivity index (χ0) is 16.8. The van der Waals surface area contributed by atoms with Crippen LogP contribution in [0.4, 0.5) is 0 Å². The summed E-state index contributed by atoms with van der Waals surface area (Å²) < 4.78 is 11.3. The fourth-order valence-electron chi connectivity index (χ4n) is 3.23. The molecule has 0 spiro atoms. The van der Waals surface area contributed by atoms with E-state index in [1.807, 2.05) is 0 Å². The molecule has 1 aromatic carbocycles. The van der Waals surface area contributed by atoms with Gasteiger partial charge in [0.25, 0.3) is 11.8 Å². The fourth-order valence-corrected chi connectivity index (χ4v) is 3.28. The lowest BCUT2D eigenvalue weighted by Gasteiger charge is -2.33. The first-order valence-electron chi connectivity index (χ1n) is 7.42. The van der Waals surface area contributed by atoms with Crippen LogP contribution in [0, 0.1) is 0 Å². The summed E-state index contributed by atoms with van der Waals surface area (Å²) in [6.07, 6.45) is -0.638. The first kappa shape index (κ1) is 15.2. The molecule has 3 atom stereocenters. The van der Waals surface area contributed by atoms with E-state index in [9.17, 15) is 9.59 Å². The van der Waals surface area contributed by atoms with Gasteiger partial charge in [0, 0.05) is 6.42 Å². The normalized spacial score (nSPS) is 29.9. The number of nitrogens with one attached hydrogen (secondary N) is 1. The van der Waals surface area contributed by atoms with E-state index in [4.69, 9.17) is 27.4 Å². The smallest absolute Gasteiger partial charge is 0.261 e. The van der Waals surface area contributed by atoms with Crippen molar-refractivity contribution in [2.75, 3.05) is 6.61 Å². The largest absolute Gasteiger partial charge is 0.375 e. The van der Waals surface area contributed by atoms with E-state index in [2.05, 4.69) is 10.5 Å². The molecular weight excluding hydrogens is 332 g/mol. The highest BCUT2D eigenvalue weighted by atomic mass is 32.1. The topological polar surface area (TPSA) is 106 Å². The Morgan fingerprint density at radius 3 is 2.58 bits per heavy atom. The number of hydrogen-bond donors (Lipinski definition) is 2. The Bertz CT molecular complexity index is 745. The summed E-state index contributed by atoms with van der Waals surface area (Å²) in [4.78, 5) is 26.6. The molecule has 8 nitrogen and oxygen atoms in total. The number of rotatable bonds is 2. The Balaban J connectivity index is 1.65. The number of hydrazone groups is 1. The van der Waals surface area contributed by atoms with Gasteiger partial charge in [-0.05, 0) is 24.4 Å². The van der Waals surface area contributed by atoms with E-state index in [-0.39, 0.29) is 29.6 Å². The number of imide groups is 1. The number of hydrogen-bond acceptors (Lipinski definition) is 6. The van der Waals surface area contributed by atoms with Gasteiger partial charge in [0.15, 0.2) is 11.4 Å². The van der Waals surface area contributed by atoms with E-state index in [0.717, 1.165) is 0 Å². The molecule has 124 valence electrons. The van der Waals surface area contributed by atoms with Crippen LogP contribution in [0.15, 0.2) is 29.4 Å². The van der Waals surface area contributed by atoms with Crippen molar-refractivity contribution in [3.8, 4) is 0 Å². The maximum atomic E-state index is 12.7. The fraction of sp³-hybridized carbons (Fsp3) is 0.333. The average molecular weight is 346 g/mol. The molecule has 2 saturated heterocycles. The van der Waals surface area contributed by atoms with Crippen LogP contribution in [0.2, 0.25) is 0 Å². The molecule has 2 amide bonds. The summed E-state index contributed by atoms with van der Waals surface area (Å²) in [6, 6.07) is 6.28. The number of ether oxygens (including phenoxy) is 2. The molecule has 0 saturated carbocycles. The molecule has 3 heterocycles. The molecule has 2 fully saturated rings. The summed E-state index contributed by atoms with van der Waals surface area (Å²) in [7, 11) is 0. The number of fused-ring (bicyclic) bond motifs is 3. The maximum absolute atomic E-state index is 12.7. The summed E-state index contributed by atoms with van der Waals surface area (Å²) in [6.45, 7) is 0.287. The lowest BCUT2D eigenvalue weighted by atomic mass is 10.0. The predicted molar refractivity (Wildman–Crippen MR) is 87.3 cm³/mol. The van der Waals surface area contributed by atoms with E-state index in [1.54, 1.807) is 24.3 Å². The number of benzene rings is 1. The van der Waals surface area contributed by atoms with Crippen LogP contribution in [0.5, 0.6) is 0 Å². The highest BCUT2D eigenvalue weighted by molar-refractivity contribution is 7.80. The van der Waals surface area contributed by atoms with Gasteiger partial charge in [0.05, 0.1) is 29.5 Å². The van der Waals surface area contributed by atoms with Gasteiger partial charge >= 0.3 is 0 Å². The molecule has 1 aromatic rings. The Labute approximate surface area is 142 Å². The van der Waals surface area contributed by atoms with E-state index in [1.165, 1.54) is 4.90 Å². The van der Waals surface area contributed by atoms with Crippen molar-refractivity contribution < 1.29 is 19.1 Å². The van der Waals surface area contributed by atoms with Gasteiger partial charge in [-0.2, -0.15) is 5.10 Å². The van der Waals surface area contributed by atoms with Crippen LogP contribution in [0.3, 0.4) is 0 Å². The standard InChI is InChI=1S/C15H14N4O4S/c16-15(24)18-17-9-5-10(11-6-22-14(9)23-11)19-12(20)7-3-1-2-4-8(7)13(19)21/h1-4,10-11,14H,5-6H2,(H3,16,18,24).